The minimum absolute atomic E-state index is 0.0189. The van der Waals surface area contributed by atoms with Gasteiger partial charge in [-0.1, -0.05) is 29.3 Å². The van der Waals surface area contributed by atoms with Crippen LogP contribution < -0.4 is 5.73 Å². The molecular formula is C23H30Cl2N2O4S. The van der Waals surface area contributed by atoms with E-state index in [2.05, 4.69) is 0 Å². The molecule has 6 nitrogen and oxygen atoms in total. The topological polar surface area (TPSA) is 97.5 Å². The number of sulfonamides is 1. The van der Waals surface area contributed by atoms with Crippen molar-refractivity contribution in [1.82, 2.24) is 4.31 Å². The lowest BCUT2D eigenvalue weighted by Gasteiger charge is -2.59. The maximum absolute atomic E-state index is 13.5. The van der Waals surface area contributed by atoms with Crippen LogP contribution in [0.2, 0.25) is 10.0 Å². The summed E-state index contributed by atoms with van der Waals surface area (Å²) >= 11 is 12.3. The van der Waals surface area contributed by atoms with Gasteiger partial charge < -0.3 is 5.73 Å². The standard InChI is InChI=1S/C23H30Cl2N2O4S/c1-22(2,27(3)32(30,31)20-17(24)5-4-6-18(20)25)19(28)9-16-14-7-13-8-15(16)12-23(10-13,11-14)21(26)29/h4-6,13-16H,7-12H2,1-3H3,(H2,26,29). The first-order chi connectivity index (χ1) is 14.8. The largest absolute Gasteiger partial charge is 0.369 e. The SMILES string of the molecule is CN(C(C)(C)C(=O)CC1C2CC3CC1CC(C(N)=O)(C3)C2)S(=O)(=O)c1c(Cl)cccc1Cl. The van der Waals surface area contributed by atoms with E-state index >= 15 is 0 Å². The molecule has 0 radical (unpaired) electrons. The van der Waals surface area contributed by atoms with Crippen molar-refractivity contribution in [3.63, 3.8) is 0 Å². The van der Waals surface area contributed by atoms with Gasteiger partial charge in [-0.2, -0.15) is 4.31 Å². The molecule has 1 amide bonds. The van der Waals surface area contributed by atoms with Crippen LogP contribution in [0.4, 0.5) is 0 Å². The second-order valence-electron chi connectivity index (χ2n) is 10.5. The summed E-state index contributed by atoms with van der Waals surface area (Å²) in [6.07, 6.45) is 4.70. The Labute approximate surface area is 199 Å². The number of ketones is 1. The molecule has 0 aromatic heterocycles. The number of hydrogen-bond donors (Lipinski definition) is 1. The number of Topliss-reactive ketones (excluding diaryl/α,β-unsaturated/α-hetero) is 1. The normalized spacial score (nSPS) is 31.8. The summed E-state index contributed by atoms with van der Waals surface area (Å²) < 4.78 is 27.7. The zero-order chi connectivity index (χ0) is 23.6. The van der Waals surface area contributed by atoms with Crippen molar-refractivity contribution in [3.05, 3.63) is 28.2 Å². The summed E-state index contributed by atoms with van der Waals surface area (Å²) in [7, 11) is -2.70. The van der Waals surface area contributed by atoms with Crippen LogP contribution in [-0.2, 0) is 19.6 Å². The van der Waals surface area contributed by atoms with Crippen LogP contribution in [0.3, 0.4) is 0 Å². The predicted molar refractivity (Wildman–Crippen MR) is 124 cm³/mol. The number of hydrogen-bond acceptors (Lipinski definition) is 4. The minimum Gasteiger partial charge on any atom is -0.369 e. The smallest absolute Gasteiger partial charge is 0.246 e. The molecule has 2 N–H and O–H groups in total. The number of halogens is 2. The number of amides is 1. The fraction of sp³-hybridized carbons (Fsp3) is 0.652. The number of benzene rings is 1. The highest BCUT2D eigenvalue weighted by molar-refractivity contribution is 7.89. The van der Waals surface area contributed by atoms with Gasteiger partial charge in [-0.05, 0) is 81.8 Å². The average molecular weight is 501 g/mol. The number of primary amides is 1. The molecule has 4 bridgehead atoms. The quantitative estimate of drug-likeness (QED) is 0.603. The lowest BCUT2D eigenvalue weighted by Crippen LogP contribution is -2.57. The Morgan fingerprint density at radius 2 is 1.66 bits per heavy atom. The van der Waals surface area contributed by atoms with Gasteiger partial charge in [0.2, 0.25) is 15.9 Å². The number of carbonyl (C=O) groups excluding carboxylic acids is 2. The van der Waals surface area contributed by atoms with Crippen molar-refractivity contribution in [2.45, 2.75) is 62.8 Å². The maximum atomic E-state index is 13.5. The third kappa shape index (κ3) is 3.69. The first-order valence-electron chi connectivity index (χ1n) is 11.1. The monoisotopic (exact) mass is 500 g/mol. The molecule has 9 heteroatoms. The van der Waals surface area contributed by atoms with Gasteiger partial charge in [0.15, 0.2) is 5.78 Å². The third-order valence-corrected chi connectivity index (χ3v) is 11.4. The van der Waals surface area contributed by atoms with Gasteiger partial charge >= 0.3 is 0 Å². The highest BCUT2D eigenvalue weighted by Crippen LogP contribution is 2.63. The Bertz CT molecular complexity index is 1040. The molecule has 4 saturated carbocycles. The number of nitrogens with zero attached hydrogens (tertiary/aromatic N) is 1. The Balaban J connectivity index is 1.55. The molecule has 0 aliphatic heterocycles. The Morgan fingerprint density at radius 1 is 1.12 bits per heavy atom. The van der Waals surface area contributed by atoms with E-state index in [9.17, 15) is 18.0 Å². The van der Waals surface area contributed by atoms with E-state index in [4.69, 9.17) is 28.9 Å². The zero-order valence-electron chi connectivity index (χ0n) is 18.6. The van der Waals surface area contributed by atoms with E-state index in [1.807, 2.05) is 0 Å². The molecule has 32 heavy (non-hydrogen) atoms. The van der Waals surface area contributed by atoms with Crippen LogP contribution in [-0.4, -0.2) is 37.0 Å². The highest BCUT2D eigenvalue weighted by atomic mass is 35.5. The maximum Gasteiger partial charge on any atom is 0.246 e. The van der Waals surface area contributed by atoms with Crippen molar-refractivity contribution in [1.29, 1.82) is 0 Å². The van der Waals surface area contributed by atoms with E-state index in [1.165, 1.54) is 19.2 Å². The summed E-state index contributed by atoms with van der Waals surface area (Å²) in [6.45, 7) is 3.25. The molecule has 5 rings (SSSR count). The van der Waals surface area contributed by atoms with E-state index in [1.54, 1.807) is 19.9 Å². The fourth-order valence-corrected chi connectivity index (χ4v) is 9.16. The first-order valence-corrected chi connectivity index (χ1v) is 13.3. The van der Waals surface area contributed by atoms with Crippen molar-refractivity contribution in [3.8, 4) is 0 Å². The summed E-state index contributed by atoms with van der Waals surface area (Å²) in [5, 5.41) is 0.0378. The van der Waals surface area contributed by atoms with Gasteiger partial charge in [0.1, 0.15) is 4.90 Å². The van der Waals surface area contributed by atoms with Gasteiger partial charge in [0, 0.05) is 18.9 Å². The van der Waals surface area contributed by atoms with Gasteiger partial charge in [-0.3, -0.25) is 9.59 Å². The summed E-state index contributed by atoms with van der Waals surface area (Å²) in [4.78, 5) is 25.5. The van der Waals surface area contributed by atoms with E-state index < -0.39 is 21.0 Å². The number of likely N-dealkylation sites (N-methyl/N-ethyl adjacent to an activating group) is 1. The minimum atomic E-state index is -4.10. The molecular weight excluding hydrogens is 471 g/mol. The summed E-state index contributed by atoms with van der Waals surface area (Å²) in [5.74, 6) is 0.888. The van der Waals surface area contributed by atoms with Crippen LogP contribution in [0.1, 0.15) is 52.4 Å². The van der Waals surface area contributed by atoms with Crippen LogP contribution in [0, 0.1) is 29.1 Å². The van der Waals surface area contributed by atoms with Crippen LogP contribution in [0.25, 0.3) is 0 Å². The van der Waals surface area contributed by atoms with Gasteiger partial charge in [-0.25, -0.2) is 8.42 Å². The average Bonchev–Trinajstić information content (AvgIpc) is 2.69. The summed E-state index contributed by atoms with van der Waals surface area (Å²) in [5.41, 5.74) is 4.08. The van der Waals surface area contributed by atoms with E-state index in [-0.39, 0.29) is 44.4 Å². The summed E-state index contributed by atoms with van der Waals surface area (Å²) in [6, 6.07) is 4.50. The van der Waals surface area contributed by atoms with E-state index in [0.717, 1.165) is 36.4 Å². The molecule has 0 saturated heterocycles. The second-order valence-corrected chi connectivity index (χ2v) is 13.2. The first kappa shape index (κ1) is 24.0. The molecule has 0 heterocycles. The molecule has 4 fully saturated rings. The number of nitrogens with two attached hydrogens (primary N) is 1. The third-order valence-electron chi connectivity index (χ3n) is 8.42. The number of rotatable bonds is 7. The molecule has 176 valence electrons. The Kier molecular flexibility index (Phi) is 5.97. The van der Waals surface area contributed by atoms with Crippen molar-refractivity contribution in [2.75, 3.05) is 7.05 Å². The molecule has 2 atom stereocenters. The fourth-order valence-electron chi connectivity index (χ4n) is 6.57. The predicted octanol–water partition coefficient (Wildman–Crippen LogP) is 4.28. The molecule has 0 spiro atoms. The molecule has 2 unspecified atom stereocenters. The Morgan fingerprint density at radius 3 is 2.16 bits per heavy atom. The van der Waals surface area contributed by atoms with Crippen LogP contribution >= 0.6 is 23.2 Å². The lowest BCUT2D eigenvalue weighted by molar-refractivity contribution is -0.152. The zero-order valence-corrected chi connectivity index (χ0v) is 20.9. The Hall–Kier alpha value is -1.15. The molecule has 4 aliphatic carbocycles. The molecule has 1 aromatic carbocycles. The van der Waals surface area contributed by atoms with Crippen LogP contribution in [0.15, 0.2) is 23.1 Å². The van der Waals surface area contributed by atoms with Crippen molar-refractivity contribution >= 4 is 44.9 Å². The van der Waals surface area contributed by atoms with Crippen molar-refractivity contribution < 1.29 is 18.0 Å². The van der Waals surface area contributed by atoms with Gasteiger partial charge in [-0.15, -0.1) is 0 Å². The van der Waals surface area contributed by atoms with E-state index in [0.29, 0.717) is 12.3 Å². The van der Waals surface area contributed by atoms with Gasteiger partial charge in [0.25, 0.3) is 0 Å². The van der Waals surface area contributed by atoms with Gasteiger partial charge in [0.05, 0.1) is 15.6 Å². The molecule has 1 aromatic rings. The highest BCUT2D eigenvalue weighted by Gasteiger charge is 2.58. The second kappa shape index (κ2) is 7.97. The molecule has 4 aliphatic rings. The lowest BCUT2D eigenvalue weighted by atomic mass is 9.45. The van der Waals surface area contributed by atoms with Crippen LogP contribution in [0.5, 0.6) is 0 Å². The number of carbonyl (C=O) groups is 2. The van der Waals surface area contributed by atoms with Crippen molar-refractivity contribution in [2.24, 2.45) is 34.8 Å².